The highest BCUT2D eigenvalue weighted by atomic mass is 19.1. The molecule has 1 rings (SSSR count). The topological polar surface area (TPSA) is 32.3 Å². The summed E-state index contributed by atoms with van der Waals surface area (Å²) in [6.07, 6.45) is 0.760. The molecule has 0 bridgehead atoms. The number of rotatable bonds is 6. The van der Waals surface area contributed by atoms with E-state index in [1.807, 2.05) is 27.7 Å². The molecular formula is C15H22F2N2O. The van der Waals surface area contributed by atoms with Gasteiger partial charge in [0, 0.05) is 24.7 Å². The number of anilines is 1. The fourth-order valence-corrected chi connectivity index (χ4v) is 2.02. The number of carbonyl (C=O) groups excluding carboxylic acids is 1. The molecule has 0 aromatic heterocycles. The lowest BCUT2D eigenvalue weighted by Gasteiger charge is -2.25. The molecule has 0 saturated heterocycles. The zero-order valence-corrected chi connectivity index (χ0v) is 12.5. The predicted octanol–water partition coefficient (Wildman–Crippen LogP) is 3.66. The Bertz CT molecular complexity index is 452. The van der Waals surface area contributed by atoms with Crippen LogP contribution in [0.2, 0.25) is 0 Å². The number of halogens is 2. The standard InChI is InChI=1S/C15H22F2N2O/c1-5-7-18-14-12(16)8-11(9-13(14)17)15(20)19(6-2)10(3)4/h8-10,18H,5-7H2,1-4H3. The van der Waals surface area contributed by atoms with E-state index in [2.05, 4.69) is 5.32 Å². The fourth-order valence-electron chi connectivity index (χ4n) is 2.02. The van der Waals surface area contributed by atoms with Crippen LogP contribution in [0.15, 0.2) is 12.1 Å². The normalized spacial score (nSPS) is 10.8. The van der Waals surface area contributed by atoms with E-state index in [0.29, 0.717) is 13.1 Å². The number of carbonyl (C=O) groups is 1. The lowest BCUT2D eigenvalue weighted by atomic mass is 10.1. The molecule has 0 unspecified atom stereocenters. The SMILES string of the molecule is CCCNc1c(F)cc(C(=O)N(CC)C(C)C)cc1F. The third-order valence-electron chi connectivity index (χ3n) is 3.07. The summed E-state index contributed by atoms with van der Waals surface area (Å²) in [5.74, 6) is -1.83. The Hall–Kier alpha value is -1.65. The van der Waals surface area contributed by atoms with E-state index in [1.54, 1.807) is 4.90 Å². The first-order valence-corrected chi connectivity index (χ1v) is 6.96. The third kappa shape index (κ3) is 3.68. The summed E-state index contributed by atoms with van der Waals surface area (Å²) in [5.41, 5.74) is -0.131. The molecule has 5 heteroatoms. The average molecular weight is 284 g/mol. The van der Waals surface area contributed by atoms with Crippen molar-refractivity contribution >= 4 is 11.6 Å². The van der Waals surface area contributed by atoms with Gasteiger partial charge in [-0.05, 0) is 39.3 Å². The largest absolute Gasteiger partial charge is 0.380 e. The Morgan fingerprint density at radius 3 is 2.20 bits per heavy atom. The van der Waals surface area contributed by atoms with Gasteiger partial charge in [-0.3, -0.25) is 4.79 Å². The summed E-state index contributed by atoms with van der Waals surface area (Å²) < 4.78 is 27.8. The van der Waals surface area contributed by atoms with Crippen LogP contribution in [-0.4, -0.2) is 29.9 Å². The van der Waals surface area contributed by atoms with Gasteiger partial charge in [0.1, 0.15) is 17.3 Å². The van der Waals surface area contributed by atoms with Crippen molar-refractivity contribution in [3.8, 4) is 0 Å². The van der Waals surface area contributed by atoms with Gasteiger partial charge in [0.2, 0.25) is 0 Å². The van der Waals surface area contributed by atoms with Crippen molar-refractivity contribution in [3.05, 3.63) is 29.3 Å². The van der Waals surface area contributed by atoms with Crippen LogP contribution in [-0.2, 0) is 0 Å². The molecule has 0 heterocycles. The summed E-state index contributed by atoms with van der Waals surface area (Å²) in [5, 5.41) is 2.69. The number of nitrogens with one attached hydrogen (secondary N) is 1. The quantitative estimate of drug-likeness (QED) is 0.864. The van der Waals surface area contributed by atoms with Crippen molar-refractivity contribution in [3.63, 3.8) is 0 Å². The second-order valence-corrected chi connectivity index (χ2v) is 4.93. The number of hydrogen-bond acceptors (Lipinski definition) is 2. The van der Waals surface area contributed by atoms with Gasteiger partial charge < -0.3 is 10.2 Å². The zero-order valence-electron chi connectivity index (χ0n) is 12.5. The molecule has 1 aromatic carbocycles. The lowest BCUT2D eigenvalue weighted by molar-refractivity contribution is 0.0716. The van der Waals surface area contributed by atoms with E-state index < -0.39 is 11.6 Å². The molecule has 0 aliphatic carbocycles. The summed E-state index contributed by atoms with van der Waals surface area (Å²) in [6, 6.07) is 2.17. The second-order valence-electron chi connectivity index (χ2n) is 4.93. The second kappa shape index (κ2) is 7.22. The van der Waals surface area contributed by atoms with Gasteiger partial charge in [0.25, 0.3) is 5.91 Å². The van der Waals surface area contributed by atoms with Crippen molar-refractivity contribution in [1.29, 1.82) is 0 Å². The van der Waals surface area contributed by atoms with Gasteiger partial charge in [0.15, 0.2) is 0 Å². The highest BCUT2D eigenvalue weighted by Gasteiger charge is 2.20. The van der Waals surface area contributed by atoms with Crippen molar-refractivity contribution in [2.24, 2.45) is 0 Å². The molecule has 20 heavy (non-hydrogen) atoms. The summed E-state index contributed by atoms with van der Waals surface area (Å²) in [7, 11) is 0. The first-order chi connectivity index (χ1) is 9.42. The van der Waals surface area contributed by atoms with Crippen molar-refractivity contribution in [2.45, 2.75) is 40.2 Å². The number of nitrogens with zero attached hydrogens (tertiary/aromatic N) is 1. The first kappa shape index (κ1) is 16.4. The molecule has 0 aliphatic heterocycles. The fraction of sp³-hybridized carbons (Fsp3) is 0.533. The molecule has 1 amide bonds. The van der Waals surface area contributed by atoms with Gasteiger partial charge in [-0.15, -0.1) is 0 Å². The molecule has 112 valence electrons. The molecule has 0 aliphatic rings. The summed E-state index contributed by atoms with van der Waals surface area (Å²) in [4.78, 5) is 13.8. The Morgan fingerprint density at radius 1 is 1.25 bits per heavy atom. The molecule has 1 N–H and O–H groups in total. The van der Waals surface area contributed by atoms with Crippen LogP contribution in [0.3, 0.4) is 0 Å². The minimum absolute atomic E-state index is 0.0171. The highest BCUT2D eigenvalue weighted by molar-refractivity contribution is 5.94. The predicted molar refractivity (Wildman–Crippen MR) is 77.0 cm³/mol. The molecule has 1 aromatic rings. The van der Waals surface area contributed by atoms with E-state index >= 15 is 0 Å². The number of benzene rings is 1. The van der Waals surface area contributed by atoms with E-state index in [0.717, 1.165) is 18.6 Å². The van der Waals surface area contributed by atoms with Crippen LogP contribution in [0, 0.1) is 11.6 Å². The zero-order chi connectivity index (χ0) is 15.3. The molecule has 0 atom stereocenters. The monoisotopic (exact) mass is 284 g/mol. The maximum Gasteiger partial charge on any atom is 0.254 e. The van der Waals surface area contributed by atoms with Gasteiger partial charge in [-0.1, -0.05) is 6.92 Å². The highest BCUT2D eigenvalue weighted by Crippen LogP contribution is 2.22. The van der Waals surface area contributed by atoms with Crippen LogP contribution < -0.4 is 5.32 Å². The van der Waals surface area contributed by atoms with E-state index in [4.69, 9.17) is 0 Å². The van der Waals surface area contributed by atoms with Gasteiger partial charge >= 0.3 is 0 Å². The van der Waals surface area contributed by atoms with Crippen LogP contribution in [0.4, 0.5) is 14.5 Å². The van der Waals surface area contributed by atoms with Crippen LogP contribution in [0.25, 0.3) is 0 Å². The van der Waals surface area contributed by atoms with Crippen molar-refractivity contribution in [1.82, 2.24) is 4.90 Å². The van der Waals surface area contributed by atoms with Crippen LogP contribution >= 0.6 is 0 Å². The molecule has 0 radical (unpaired) electrons. The third-order valence-corrected chi connectivity index (χ3v) is 3.07. The van der Waals surface area contributed by atoms with Crippen molar-refractivity contribution < 1.29 is 13.6 Å². The Kier molecular flexibility index (Phi) is 5.92. The van der Waals surface area contributed by atoms with Crippen molar-refractivity contribution in [2.75, 3.05) is 18.4 Å². The Balaban J connectivity index is 3.06. The Morgan fingerprint density at radius 2 is 1.80 bits per heavy atom. The van der Waals surface area contributed by atoms with E-state index in [1.165, 1.54) is 0 Å². The number of hydrogen-bond donors (Lipinski definition) is 1. The molecule has 3 nitrogen and oxygen atoms in total. The molecule has 0 spiro atoms. The van der Waals surface area contributed by atoms with Gasteiger partial charge in [0.05, 0.1) is 0 Å². The average Bonchev–Trinajstić information content (AvgIpc) is 2.37. The van der Waals surface area contributed by atoms with Gasteiger partial charge in [-0.25, -0.2) is 8.78 Å². The lowest BCUT2D eigenvalue weighted by Crippen LogP contribution is -2.36. The maximum atomic E-state index is 13.9. The molecule has 0 fully saturated rings. The molecule has 0 saturated carbocycles. The summed E-state index contributed by atoms with van der Waals surface area (Å²) in [6.45, 7) is 8.45. The van der Waals surface area contributed by atoms with Gasteiger partial charge in [-0.2, -0.15) is 0 Å². The van der Waals surface area contributed by atoms with E-state index in [9.17, 15) is 13.6 Å². The smallest absolute Gasteiger partial charge is 0.254 e. The van der Waals surface area contributed by atoms with Crippen LogP contribution in [0.5, 0.6) is 0 Å². The van der Waals surface area contributed by atoms with Crippen LogP contribution in [0.1, 0.15) is 44.5 Å². The number of amides is 1. The van der Waals surface area contributed by atoms with E-state index in [-0.39, 0.29) is 23.2 Å². The summed E-state index contributed by atoms with van der Waals surface area (Å²) >= 11 is 0. The minimum Gasteiger partial charge on any atom is -0.380 e. The Labute approximate surface area is 119 Å². The molecular weight excluding hydrogens is 262 g/mol. The first-order valence-electron chi connectivity index (χ1n) is 6.96. The minimum atomic E-state index is -0.735. The maximum absolute atomic E-state index is 13.9.